The van der Waals surface area contributed by atoms with E-state index in [0.29, 0.717) is 30.4 Å². The molecule has 0 fully saturated rings. The molecule has 3 aromatic rings. The Morgan fingerprint density at radius 1 is 1.07 bits per heavy atom. The number of rotatable bonds is 9. The smallest absolute Gasteiger partial charge is 0.309 e. The van der Waals surface area contributed by atoms with Crippen molar-refractivity contribution in [2.45, 2.75) is 13.3 Å². The van der Waals surface area contributed by atoms with Crippen molar-refractivity contribution in [2.75, 3.05) is 20.3 Å². The molecule has 0 atom stereocenters. The highest BCUT2D eigenvalue weighted by atomic mass is 32.1. The molecule has 0 aliphatic rings. The lowest BCUT2D eigenvalue weighted by atomic mass is 10.2. The van der Waals surface area contributed by atoms with Crippen molar-refractivity contribution in [1.29, 1.82) is 0 Å². The summed E-state index contributed by atoms with van der Waals surface area (Å²) in [7, 11) is 1.58. The van der Waals surface area contributed by atoms with Gasteiger partial charge >= 0.3 is 5.97 Å². The molecule has 1 aromatic heterocycles. The van der Waals surface area contributed by atoms with E-state index in [1.807, 2.05) is 49.4 Å². The van der Waals surface area contributed by atoms with E-state index in [4.69, 9.17) is 19.3 Å². The number of methoxy groups -OCH3 is 1. The van der Waals surface area contributed by atoms with Crippen LogP contribution in [-0.2, 0) is 11.2 Å². The number of nitrogens with zero attached hydrogens (tertiary/aromatic N) is 1. The molecule has 28 heavy (non-hydrogen) atoms. The van der Waals surface area contributed by atoms with Crippen molar-refractivity contribution in [3.05, 3.63) is 59.1 Å². The van der Waals surface area contributed by atoms with E-state index < -0.39 is 5.97 Å². The normalized spacial score (nSPS) is 10.5. The van der Waals surface area contributed by atoms with Gasteiger partial charge in [0.1, 0.15) is 24.0 Å². The third kappa shape index (κ3) is 5.23. The van der Waals surface area contributed by atoms with Crippen LogP contribution >= 0.6 is 11.3 Å². The molecule has 3 rings (SSSR count). The molecule has 0 spiro atoms. The highest BCUT2D eigenvalue weighted by Crippen LogP contribution is 2.34. The summed E-state index contributed by atoms with van der Waals surface area (Å²) in [6, 6.07) is 13.4. The monoisotopic (exact) mass is 399 g/mol. The molecule has 2 aromatic carbocycles. The Morgan fingerprint density at radius 2 is 1.82 bits per heavy atom. The number of hydrogen-bond donors (Lipinski definition) is 1. The second kappa shape index (κ2) is 9.23. The van der Waals surface area contributed by atoms with Gasteiger partial charge in [-0.2, -0.15) is 0 Å². The maximum absolute atomic E-state index is 10.8. The fourth-order valence-electron chi connectivity index (χ4n) is 2.54. The van der Waals surface area contributed by atoms with Crippen molar-refractivity contribution in [2.24, 2.45) is 0 Å². The van der Waals surface area contributed by atoms with Crippen LogP contribution in [0.5, 0.6) is 17.2 Å². The molecule has 7 heteroatoms. The van der Waals surface area contributed by atoms with Crippen molar-refractivity contribution < 1.29 is 24.1 Å². The number of aliphatic carboxylic acids is 1. The number of ether oxygens (including phenoxy) is 3. The number of aromatic nitrogens is 1. The molecule has 1 heterocycles. The zero-order chi connectivity index (χ0) is 19.9. The lowest BCUT2D eigenvalue weighted by Crippen LogP contribution is -2.09. The zero-order valence-electron chi connectivity index (χ0n) is 15.7. The van der Waals surface area contributed by atoms with Gasteiger partial charge in [-0.3, -0.25) is 4.79 Å². The summed E-state index contributed by atoms with van der Waals surface area (Å²) in [5, 5.41) is 11.4. The number of hydrogen-bond acceptors (Lipinski definition) is 6. The summed E-state index contributed by atoms with van der Waals surface area (Å²) in [5.41, 5.74) is 2.56. The van der Waals surface area contributed by atoms with Crippen molar-refractivity contribution in [3.8, 4) is 27.8 Å². The molecule has 0 aliphatic heterocycles. The maximum atomic E-state index is 10.8. The molecule has 0 saturated heterocycles. The topological polar surface area (TPSA) is 77.9 Å². The molecule has 0 aliphatic carbocycles. The average Bonchev–Trinajstić information content (AvgIpc) is 3.14. The summed E-state index contributed by atoms with van der Waals surface area (Å²) in [4.78, 5) is 15.2. The van der Waals surface area contributed by atoms with E-state index in [0.717, 1.165) is 16.3 Å². The van der Waals surface area contributed by atoms with Crippen molar-refractivity contribution in [1.82, 2.24) is 4.98 Å². The Labute approximate surface area is 167 Å². The lowest BCUT2D eigenvalue weighted by molar-refractivity contribution is -0.136. The van der Waals surface area contributed by atoms with E-state index in [-0.39, 0.29) is 6.42 Å². The average molecular weight is 399 g/mol. The van der Waals surface area contributed by atoms with Gasteiger partial charge in [0.25, 0.3) is 0 Å². The number of benzene rings is 2. The summed E-state index contributed by atoms with van der Waals surface area (Å²) in [5.74, 6) is 1.09. The first-order chi connectivity index (χ1) is 13.5. The predicted molar refractivity (Wildman–Crippen MR) is 108 cm³/mol. The largest absolute Gasteiger partial charge is 0.493 e. The van der Waals surface area contributed by atoms with Gasteiger partial charge in [0.15, 0.2) is 11.5 Å². The fourth-order valence-corrected chi connectivity index (χ4v) is 3.36. The molecule has 0 radical (unpaired) electrons. The van der Waals surface area contributed by atoms with Crippen LogP contribution in [0.4, 0.5) is 0 Å². The standard InChI is InChI=1S/C21H21NO5S/c1-14-3-6-17(7-4-14)26-9-10-27-19-11-15(5-8-18(19)25-2)21-22-16(13-28-21)12-20(23)24/h3-8,11,13H,9-10,12H2,1-2H3,(H,23,24). The van der Waals surface area contributed by atoms with Gasteiger partial charge in [0.2, 0.25) is 0 Å². The SMILES string of the molecule is COc1ccc(-c2nc(CC(=O)O)cs2)cc1OCCOc1ccc(C)cc1. The lowest BCUT2D eigenvalue weighted by Gasteiger charge is -2.12. The van der Waals surface area contributed by atoms with Crippen LogP contribution in [-0.4, -0.2) is 36.4 Å². The minimum Gasteiger partial charge on any atom is -0.493 e. The molecule has 0 saturated carbocycles. The summed E-state index contributed by atoms with van der Waals surface area (Å²) in [6.45, 7) is 2.78. The van der Waals surface area contributed by atoms with Gasteiger partial charge in [-0.15, -0.1) is 11.3 Å². The van der Waals surface area contributed by atoms with Gasteiger partial charge in [-0.25, -0.2) is 4.98 Å². The molecule has 146 valence electrons. The predicted octanol–water partition coefficient (Wildman–Crippen LogP) is 4.21. The first-order valence-electron chi connectivity index (χ1n) is 8.72. The Balaban J connectivity index is 1.64. The minimum atomic E-state index is -0.899. The number of thiazole rings is 1. The highest BCUT2D eigenvalue weighted by molar-refractivity contribution is 7.13. The molecule has 1 N–H and O–H groups in total. The fraction of sp³-hybridized carbons (Fsp3) is 0.238. The molecular weight excluding hydrogens is 378 g/mol. The van der Waals surface area contributed by atoms with Gasteiger partial charge in [0, 0.05) is 10.9 Å². The van der Waals surface area contributed by atoms with E-state index >= 15 is 0 Å². The Bertz CT molecular complexity index is 936. The second-order valence-electron chi connectivity index (χ2n) is 6.09. The third-order valence-corrected chi connectivity index (χ3v) is 4.87. The first-order valence-corrected chi connectivity index (χ1v) is 9.60. The Morgan fingerprint density at radius 3 is 2.54 bits per heavy atom. The molecule has 0 bridgehead atoms. The number of aryl methyl sites for hydroxylation is 1. The van der Waals surface area contributed by atoms with Crippen LogP contribution in [0.3, 0.4) is 0 Å². The van der Waals surface area contributed by atoms with Crippen molar-refractivity contribution >= 4 is 17.3 Å². The van der Waals surface area contributed by atoms with Gasteiger partial charge in [0.05, 0.1) is 19.2 Å². The summed E-state index contributed by atoms with van der Waals surface area (Å²) < 4.78 is 16.9. The van der Waals surface area contributed by atoms with Crippen molar-refractivity contribution in [3.63, 3.8) is 0 Å². The summed E-state index contributed by atoms with van der Waals surface area (Å²) >= 11 is 1.40. The zero-order valence-corrected chi connectivity index (χ0v) is 16.5. The molecule has 0 amide bonds. The van der Waals surface area contributed by atoms with Crippen LogP contribution in [0.25, 0.3) is 10.6 Å². The number of carbonyl (C=O) groups is 1. The van der Waals surface area contributed by atoms with Gasteiger partial charge < -0.3 is 19.3 Å². The minimum absolute atomic E-state index is 0.0909. The van der Waals surface area contributed by atoms with E-state index in [2.05, 4.69) is 4.98 Å². The van der Waals surface area contributed by atoms with Crippen LogP contribution in [0, 0.1) is 6.92 Å². The second-order valence-corrected chi connectivity index (χ2v) is 6.95. The quantitative estimate of drug-likeness (QED) is 0.543. The Kier molecular flexibility index (Phi) is 6.49. The van der Waals surface area contributed by atoms with Crippen LogP contribution in [0.2, 0.25) is 0 Å². The first kappa shape index (κ1) is 19.7. The van der Waals surface area contributed by atoms with Crippen LogP contribution < -0.4 is 14.2 Å². The van der Waals surface area contributed by atoms with Crippen LogP contribution in [0.1, 0.15) is 11.3 Å². The number of carboxylic acids is 1. The number of carboxylic acid groups (broad SMARTS) is 1. The van der Waals surface area contributed by atoms with Gasteiger partial charge in [-0.05, 0) is 37.3 Å². The Hall–Kier alpha value is -3.06. The third-order valence-electron chi connectivity index (χ3n) is 3.93. The molecular formula is C21H21NO5S. The van der Waals surface area contributed by atoms with E-state index in [1.165, 1.54) is 16.9 Å². The molecule has 0 unspecified atom stereocenters. The van der Waals surface area contributed by atoms with Gasteiger partial charge in [-0.1, -0.05) is 17.7 Å². The highest BCUT2D eigenvalue weighted by Gasteiger charge is 2.12. The summed E-state index contributed by atoms with van der Waals surface area (Å²) in [6.07, 6.45) is -0.0909. The maximum Gasteiger partial charge on any atom is 0.309 e. The van der Waals surface area contributed by atoms with E-state index in [9.17, 15) is 4.79 Å². The molecule has 6 nitrogen and oxygen atoms in total. The van der Waals surface area contributed by atoms with E-state index in [1.54, 1.807) is 12.5 Å². The van der Waals surface area contributed by atoms with Crippen LogP contribution in [0.15, 0.2) is 47.8 Å².